The van der Waals surface area contributed by atoms with Gasteiger partial charge in [-0.2, -0.15) is 0 Å². The van der Waals surface area contributed by atoms with Crippen LogP contribution in [0, 0.1) is 20.8 Å². The van der Waals surface area contributed by atoms with Crippen molar-refractivity contribution in [2.45, 2.75) is 27.3 Å². The van der Waals surface area contributed by atoms with E-state index in [0.29, 0.717) is 6.54 Å². The Morgan fingerprint density at radius 1 is 1.05 bits per heavy atom. The second-order valence-corrected chi connectivity index (χ2v) is 6.48. The summed E-state index contributed by atoms with van der Waals surface area (Å²) in [5.41, 5.74) is 5.22. The van der Waals surface area contributed by atoms with Gasteiger partial charge in [0.1, 0.15) is 0 Å². The van der Waals surface area contributed by atoms with E-state index in [-0.39, 0.29) is 5.91 Å². The van der Waals surface area contributed by atoms with Crippen LogP contribution in [0.25, 0.3) is 0 Å². The van der Waals surface area contributed by atoms with Gasteiger partial charge in [-0.15, -0.1) is 0 Å². The smallest absolute Gasteiger partial charge is 0.254 e. The van der Waals surface area contributed by atoms with E-state index >= 15 is 0 Å². The van der Waals surface area contributed by atoms with Crippen molar-refractivity contribution in [3.8, 4) is 0 Å². The number of aryl methyl sites for hydroxylation is 3. The molecule has 110 valence electrons. The van der Waals surface area contributed by atoms with Crippen LogP contribution < -0.4 is 0 Å². The summed E-state index contributed by atoms with van der Waals surface area (Å²) < 4.78 is 1.05. The van der Waals surface area contributed by atoms with E-state index < -0.39 is 0 Å². The number of halogens is 1. The zero-order valence-electron chi connectivity index (χ0n) is 12.9. The maximum Gasteiger partial charge on any atom is 0.254 e. The minimum Gasteiger partial charge on any atom is -0.337 e. The summed E-state index contributed by atoms with van der Waals surface area (Å²) in [4.78, 5) is 14.5. The summed E-state index contributed by atoms with van der Waals surface area (Å²) >= 11 is 3.42. The summed E-state index contributed by atoms with van der Waals surface area (Å²) in [6.45, 7) is 6.67. The van der Waals surface area contributed by atoms with Crippen molar-refractivity contribution in [3.63, 3.8) is 0 Å². The normalized spacial score (nSPS) is 10.5. The highest BCUT2D eigenvalue weighted by Gasteiger charge is 2.17. The van der Waals surface area contributed by atoms with Crippen LogP contribution in [0.3, 0.4) is 0 Å². The molecule has 0 fully saturated rings. The molecule has 0 aromatic heterocycles. The first-order valence-corrected chi connectivity index (χ1v) is 7.75. The van der Waals surface area contributed by atoms with Crippen LogP contribution in [0.15, 0.2) is 40.9 Å². The Morgan fingerprint density at radius 3 is 2.10 bits per heavy atom. The molecule has 0 saturated carbocycles. The molecular formula is C18H20BrNO. The highest BCUT2D eigenvalue weighted by atomic mass is 79.9. The van der Waals surface area contributed by atoms with Gasteiger partial charge < -0.3 is 4.90 Å². The summed E-state index contributed by atoms with van der Waals surface area (Å²) in [5, 5.41) is 0. The van der Waals surface area contributed by atoms with Gasteiger partial charge in [-0.25, -0.2) is 0 Å². The lowest BCUT2D eigenvalue weighted by Gasteiger charge is -2.20. The van der Waals surface area contributed by atoms with Gasteiger partial charge in [0.15, 0.2) is 0 Å². The van der Waals surface area contributed by atoms with Crippen molar-refractivity contribution in [2.75, 3.05) is 7.05 Å². The van der Waals surface area contributed by atoms with Crippen molar-refractivity contribution >= 4 is 21.8 Å². The second kappa shape index (κ2) is 6.44. The van der Waals surface area contributed by atoms with Crippen LogP contribution in [-0.2, 0) is 6.54 Å². The van der Waals surface area contributed by atoms with E-state index in [9.17, 15) is 4.79 Å². The molecule has 0 aliphatic heterocycles. The molecule has 0 radical (unpaired) electrons. The molecular weight excluding hydrogens is 326 g/mol. The van der Waals surface area contributed by atoms with Gasteiger partial charge in [0.25, 0.3) is 5.91 Å². The fraction of sp³-hybridized carbons (Fsp3) is 0.278. The number of nitrogens with zero attached hydrogens (tertiary/aromatic N) is 1. The van der Waals surface area contributed by atoms with Crippen molar-refractivity contribution in [1.82, 2.24) is 4.90 Å². The van der Waals surface area contributed by atoms with Crippen LogP contribution in [0.2, 0.25) is 0 Å². The minimum absolute atomic E-state index is 0.0768. The van der Waals surface area contributed by atoms with E-state index in [1.165, 1.54) is 5.56 Å². The molecule has 0 spiro atoms. The van der Waals surface area contributed by atoms with E-state index in [1.54, 1.807) is 4.90 Å². The zero-order valence-corrected chi connectivity index (χ0v) is 14.5. The maximum absolute atomic E-state index is 12.7. The van der Waals surface area contributed by atoms with Crippen LogP contribution in [0.4, 0.5) is 0 Å². The third-order valence-electron chi connectivity index (χ3n) is 3.57. The first-order valence-electron chi connectivity index (χ1n) is 6.96. The lowest BCUT2D eigenvalue weighted by Crippen LogP contribution is -2.27. The van der Waals surface area contributed by atoms with E-state index in [0.717, 1.165) is 26.7 Å². The van der Waals surface area contributed by atoms with Crippen LogP contribution >= 0.6 is 15.9 Å². The van der Waals surface area contributed by atoms with Gasteiger partial charge in [-0.3, -0.25) is 4.79 Å². The van der Waals surface area contributed by atoms with Gasteiger partial charge in [-0.05, 0) is 49.6 Å². The van der Waals surface area contributed by atoms with Gasteiger partial charge in [-0.1, -0.05) is 45.8 Å². The molecule has 0 unspecified atom stereocenters. The minimum atomic E-state index is 0.0768. The van der Waals surface area contributed by atoms with Gasteiger partial charge in [0.2, 0.25) is 0 Å². The quantitative estimate of drug-likeness (QED) is 0.792. The Hall–Kier alpha value is -1.61. The number of rotatable bonds is 3. The van der Waals surface area contributed by atoms with E-state index in [4.69, 9.17) is 0 Å². The maximum atomic E-state index is 12.7. The van der Waals surface area contributed by atoms with E-state index in [1.807, 2.05) is 45.2 Å². The number of hydrogen-bond acceptors (Lipinski definition) is 1. The Balaban J connectivity index is 2.22. The lowest BCUT2D eigenvalue weighted by atomic mass is 9.98. The summed E-state index contributed by atoms with van der Waals surface area (Å²) in [5.74, 6) is 0.0768. The average Bonchev–Trinajstić information content (AvgIpc) is 2.40. The summed E-state index contributed by atoms with van der Waals surface area (Å²) in [7, 11) is 1.85. The predicted molar refractivity (Wildman–Crippen MR) is 90.6 cm³/mol. The zero-order chi connectivity index (χ0) is 15.6. The standard InChI is InChI=1S/C18H20BrNO/c1-12-9-13(2)17(14(3)10-12)18(21)20(4)11-15-5-7-16(19)8-6-15/h5-10H,11H2,1-4H3. The van der Waals surface area contributed by atoms with Crippen LogP contribution in [0.1, 0.15) is 32.6 Å². The van der Waals surface area contributed by atoms with Crippen molar-refractivity contribution in [3.05, 3.63) is 68.7 Å². The molecule has 1 amide bonds. The lowest BCUT2D eigenvalue weighted by molar-refractivity contribution is 0.0783. The van der Waals surface area contributed by atoms with Gasteiger partial charge in [0, 0.05) is 23.6 Å². The molecule has 0 aliphatic carbocycles. The molecule has 21 heavy (non-hydrogen) atoms. The second-order valence-electron chi connectivity index (χ2n) is 5.56. The van der Waals surface area contributed by atoms with Crippen LogP contribution in [0.5, 0.6) is 0 Å². The monoisotopic (exact) mass is 345 g/mol. The Bertz CT molecular complexity index is 638. The molecule has 0 aliphatic rings. The molecule has 2 aromatic rings. The highest BCUT2D eigenvalue weighted by Crippen LogP contribution is 2.19. The molecule has 3 heteroatoms. The number of carbonyl (C=O) groups is 1. The molecule has 0 heterocycles. The molecule has 2 nitrogen and oxygen atoms in total. The van der Waals surface area contributed by atoms with Crippen molar-refractivity contribution in [1.29, 1.82) is 0 Å². The Kier molecular flexibility index (Phi) is 4.84. The Labute approximate surface area is 134 Å². The fourth-order valence-corrected chi connectivity index (χ4v) is 2.91. The van der Waals surface area contributed by atoms with Gasteiger partial charge in [0.05, 0.1) is 0 Å². The highest BCUT2D eigenvalue weighted by molar-refractivity contribution is 9.10. The predicted octanol–water partition coefficient (Wildman–Crippen LogP) is 4.65. The van der Waals surface area contributed by atoms with Crippen LogP contribution in [-0.4, -0.2) is 17.9 Å². The van der Waals surface area contributed by atoms with E-state index in [2.05, 4.69) is 35.0 Å². The van der Waals surface area contributed by atoms with Crippen molar-refractivity contribution < 1.29 is 4.79 Å². The van der Waals surface area contributed by atoms with Crippen molar-refractivity contribution in [2.24, 2.45) is 0 Å². The fourth-order valence-electron chi connectivity index (χ4n) is 2.64. The summed E-state index contributed by atoms with van der Waals surface area (Å²) in [6.07, 6.45) is 0. The molecule has 0 bridgehead atoms. The molecule has 0 saturated heterocycles. The molecule has 2 rings (SSSR count). The first kappa shape index (κ1) is 15.8. The first-order chi connectivity index (χ1) is 9.88. The largest absolute Gasteiger partial charge is 0.337 e. The summed E-state index contributed by atoms with van der Waals surface area (Å²) in [6, 6.07) is 12.2. The number of amides is 1. The average molecular weight is 346 g/mol. The number of hydrogen-bond donors (Lipinski definition) is 0. The third-order valence-corrected chi connectivity index (χ3v) is 4.10. The third kappa shape index (κ3) is 3.73. The van der Waals surface area contributed by atoms with Gasteiger partial charge >= 0.3 is 0 Å². The topological polar surface area (TPSA) is 20.3 Å². The SMILES string of the molecule is Cc1cc(C)c(C(=O)N(C)Cc2ccc(Br)cc2)c(C)c1. The Morgan fingerprint density at radius 2 is 1.57 bits per heavy atom. The number of carbonyl (C=O) groups excluding carboxylic acids is 1. The molecule has 0 atom stereocenters. The molecule has 2 aromatic carbocycles. The number of benzene rings is 2. The molecule has 0 N–H and O–H groups in total.